The van der Waals surface area contributed by atoms with Crippen LogP contribution < -0.4 is 4.74 Å². The van der Waals surface area contributed by atoms with E-state index in [1.54, 1.807) is 0 Å². The molecule has 0 saturated heterocycles. The van der Waals surface area contributed by atoms with Crippen LogP contribution in [-0.2, 0) is 6.61 Å². The van der Waals surface area contributed by atoms with Gasteiger partial charge in [0.25, 0.3) is 0 Å². The zero-order chi connectivity index (χ0) is 12.5. The Balaban J connectivity index is 2.24. The van der Waals surface area contributed by atoms with E-state index >= 15 is 0 Å². The number of hydrogen-bond donors (Lipinski definition) is 0. The second-order valence-corrected chi connectivity index (χ2v) is 5.15. The van der Waals surface area contributed by atoms with Gasteiger partial charge in [0, 0.05) is 10.0 Å². The van der Waals surface area contributed by atoms with Gasteiger partial charge in [-0.25, -0.2) is 0 Å². The monoisotopic (exact) mass is 299 g/mol. The molecule has 3 rings (SSSR count). The fraction of sp³-hybridized carbons (Fsp3) is 0.133. The van der Waals surface area contributed by atoms with E-state index < -0.39 is 0 Å². The molecule has 1 aliphatic heterocycles. The Morgan fingerprint density at radius 1 is 1.17 bits per heavy atom. The van der Waals surface area contributed by atoms with Crippen molar-refractivity contribution >= 4 is 15.9 Å². The molecule has 2 aromatic carbocycles. The largest absolute Gasteiger partial charge is 0.489 e. The Hall–Kier alpha value is -1.79. The van der Waals surface area contributed by atoms with Gasteiger partial charge in [-0.05, 0) is 29.3 Å². The zero-order valence-electron chi connectivity index (χ0n) is 9.56. The van der Waals surface area contributed by atoms with E-state index in [9.17, 15) is 5.26 Å². The highest BCUT2D eigenvalue weighted by atomic mass is 79.9. The van der Waals surface area contributed by atoms with Crippen molar-refractivity contribution in [2.45, 2.75) is 12.5 Å². The summed E-state index contributed by atoms with van der Waals surface area (Å²) in [5.41, 5.74) is 3.04. The number of para-hydroxylation sites is 1. The van der Waals surface area contributed by atoms with Gasteiger partial charge in [-0.2, -0.15) is 5.26 Å². The minimum Gasteiger partial charge on any atom is -0.489 e. The van der Waals surface area contributed by atoms with Crippen molar-refractivity contribution in [3.05, 3.63) is 63.6 Å². The van der Waals surface area contributed by atoms with Gasteiger partial charge in [-0.15, -0.1) is 0 Å². The summed E-state index contributed by atoms with van der Waals surface area (Å²) in [5, 5.41) is 9.48. The molecule has 0 bridgehead atoms. The summed E-state index contributed by atoms with van der Waals surface area (Å²) in [4.78, 5) is 0. The van der Waals surface area contributed by atoms with E-state index in [0.717, 1.165) is 26.9 Å². The molecule has 1 heterocycles. The van der Waals surface area contributed by atoms with E-state index in [4.69, 9.17) is 4.74 Å². The van der Waals surface area contributed by atoms with Crippen LogP contribution in [0.5, 0.6) is 5.75 Å². The van der Waals surface area contributed by atoms with Crippen molar-refractivity contribution in [3.63, 3.8) is 0 Å². The molecule has 0 N–H and O–H groups in total. The molecule has 0 unspecified atom stereocenters. The minimum atomic E-state index is -0.267. The van der Waals surface area contributed by atoms with Crippen LogP contribution in [0.15, 0.2) is 46.9 Å². The molecule has 0 amide bonds. The first-order valence-electron chi connectivity index (χ1n) is 5.69. The predicted molar refractivity (Wildman–Crippen MR) is 72.4 cm³/mol. The average Bonchev–Trinajstić information content (AvgIpc) is 2.54. The Labute approximate surface area is 114 Å². The van der Waals surface area contributed by atoms with Crippen molar-refractivity contribution in [1.82, 2.24) is 0 Å². The van der Waals surface area contributed by atoms with Crippen LogP contribution in [0, 0.1) is 11.3 Å². The predicted octanol–water partition coefficient (Wildman–Crippen LogP) is 4.00. The van der Waals surface area contributed by atoms with E-state index in [2.05, 4.69) is 22.0 Å². The average molecular weight is 300 g/mol. The second kappa shape index (κ2) is 4.47. The normalized spacial score (nSPS) is 16.8. The summed E-state index contributed by atoms with van der Waals surface area (Å²) in [6, 6.07) is 16.1. The van der Waals surface area contributed by atoms with Crippen LogP contribution in [0.1, 0.15) is 22.6 Å². The fourth-order valence-electron chi connectivity index (χ4n) is 2.28. The molecule has 88 valence electrons. The van der Waals surface area contributed by atoms with Gasteiger partial charge in [0.05, 0.1) is 6.07 Å². The van der Waals surface area contributed by atoms with Gasteiger partial charge in [0.15, 0.2) is 0 Å². The molecule has 0 saturated carbocycles. The molecule has 0 radical (unpaired) electrons. The maximum Gasteiger partial charge on any atom is 0.124 e. The van der Waals surface area contributed by atoms with Crippen LogP contribution in [0.25, 0.3) is 0 Å². The van der Waals surface area contributed by atoms with E-state index in [0.29, 0.717) is 6.61 Å². The van der Waals surface area contributed by atoms with Crippen LogP contribution in [0.4, 0.5) is 0 Å². The lowest BCUT2D eigenvalue weighted by atomic mass is 9.90. The second-order valence-electron chi connectivity index (χ2n) is 4.23. The Bertz CT molecular complexity index is 645. The molecule has 18 heavy (non-hydrogen) atoms. The third kappa shape index (κ3) is 1.79. The summed E-state index contributed by atoms with van der Waals surface area (Å²) >= 11 is 3.46. The van der Waals surface area contributed by atoms with Crippen LogP contribution in [0.2, 0.25) is 0 Å². The molecule has 1 aliphatic rings. The topological polar surface area (TPSA) is 33.0 Å². The van der Waals surface area contributed by atoms with Crippen molar-refractivity contribution < 1.29 is 4.74 Å². The first-order valence-corrected chi connectivity index (χ1v) is 6.48. The summed E-state index contributed by atoms with van der Waals surface area (Å²) in [7, 11) is 0. The molecular formula is C15H10BrNO. The number of nitriles is 1. The molecule has 3 heteroatoms. The van der Waals surface area contributed by atoms with Gasteiger partial charge in [0.1, 0.15) is 18.3 Å². The zero-order valence-corrected chi connectivity index (χ0v) is 11.1. The highest BCUT2D eigenvalue weighted by Gasteiger charge is 2.24. The van der Waals surface area contributed by atoms with Gasteiger partial charge < -0.3 is 4.74 Å². The third-order valence-electron chi connectivity index (χ3n) is 3.16. The molecular weight excluding hydrogens is 290 g/mol. The van der Waals surface area contributed by atoms with Gasteiger partial charge in [0.2, 0.25) is 0 Å². The molecule has 0 aliphatic carbocycles. The SMILES string of the molecule is N#C[C@@H]1c2cc(Br)ccc2COc2ccccc21. The molecule has 0 aromatic heterocycles. The van der Waals surface area contributed by atoms with Crippen molar-refractivity contribution in [2.75, 3.05) is 0 Å². The quantitative estimate of drug-likeness (QED) is 0.737. The van der Waals surface area contributed by atoms with Crippen molar-refractivity contribution in [3.8, 4) is 11.8 Å². The first kappa shape index (κ1) is 11.3. The van der Waals surface area contributed by atoms with Crippen LogP contribution >= 0.6 is 15.9 Å². The third-order valence-corrected chi connectivity index (χ3v) is 3.65. The summed E-state index contributed by atoms with van der Waals surface area (Å²) in [5.74, 6) is 0.535. The van der Waals surface area contributed by atoms with Gasteiger partial charge in [-0.1, -0.05) is 40.2 Å². The number of rotatable bonds is 0. The van der Waals surface area contributed by atoms with Gasteiger partial charge >= 0.3 is 0 Å². The van der Waals surface area contributed by atoms with Crippen molar-refractivity contribution in [2.24, 2.45) is 0 Å². The maximum absolute atomic E-state index is 9.48. The Morgan fingerprint density at radius 2 is 2.00 bits per heavy atom. The smallest absolute Gasteiger partial charge is 0.124 e. The highest BCUT2D eigenvalue weighted by molar-refractivity contribution is 9.10. The van der Waals surface area contributed by atoms with E-state index in [1.165, 1.54) is 0 Å². The Kier molecular flexibility index (Phi) is 2.81. The number of benzene rings is 2. The Morgan fingerprint density at radius 3 is 2.83 bits per heavy atom. The number of fused-ring (bicyclic) bond motifs is 2. The maximum atomic E-state index is 9.48. The number of ether oxygens (including phenoxy) is 1. The number of halogens is 1. The summed E-state index contributed by atoms with van der Waals surface area (Å²) in [6.45, 7) is 0.512. The lowest BCUT2D eigenvalue weighted by Gasteiger charge is -2.11. The van der Waals surface area contributed by atoms with Gasteiger partial charge in [-0.3, -0.25) is 0 Å². The minimum absolute atomic E-state index is 0.267. The molecule has 2 nitrogen and oxygen atoms in total. The highest BCUT2D eigenvalue weighted by Crippen LogP contribution is 2.37. The summed E-state index contributed by atoms with van der Waals surface area (Å²) in [6.07, 6.45) is 0. The number of hydrogen-bond acceptors (Lipinski definition) is 2. The molecule has 1 atom stereocenters. The molecule has 0 spiro atoms. The van der Waals surface area contributed by atoms with E-state index in [1.807, 2.05) is 42.5 Å². The lowest BCUT2D eigenvalue weighted by Crippen LogP contribution is -2.00. The van der Waals surface area contributed by atoms with Crippen LogP contribution in [0.3, 0.4) is 0 Å². The molecule has 0 fully saturated rings. The van der Waals surface area contributed by atoms with E-state index in [-0.39, 0.29) is 5.92 Å². The standard InChI is InChI=1S/C15H10BrNO/c16-11-6-5-10-9-18-15-4-2-1-3-12(15)14(8-17)13(10)7-11/h1-7,14H,9H2/t14-/m0/s1. The number of nitrogens with zero attached hydrogens (tertiary/aromatic N) is 1. The van der Waals surface area contributed by atoms with Crippen molar-refractivity contribution in [1.29, 1.82) is 5.26 Å². The first-order chi connectivity index (χ1) is 8.79. The summed E-state index contributed by atoms with van der Waals surface area (Å²) < 4.78 is 6.77. The van der Waals surface area contributed by atoms with Crippen LogP contribution in [-0.4, -0.2) is 0 Å². The fourth-order valence-corrected chi connectivity index (χ4v) is 2.66. The lowest BCUT2D eigenvalue weighted by molar-refractivity contribution is 0.307. The molecule has 2 aromatic rings.